The Morgan fingerprint density at radius 3 is 2.77 bits per heavy atom. The fourth-order valence-electron chi connectivity index (χ4n) is 4.69. The number of hydrogen-bond donors (Lipinski definition) is 2. The molecule has 0 spiro atoms. The molecular weight excluding hydrogens is 419 g/mol. The lowest BCUT2D eigenvalue weighted by molar-refractivity contribution is 0.413. The van der Waals surface area contributed by atoms with E-state index in [1.807, 2.05) is 9.47 Å². The Morgan fingerprint density at radius 2 is 2.10 bits per heavy atom. The van der Waals surface area contributed by atoms with Gasteiger partial charge in [0.1, 0.15) is 15.9 Å². The summed E-state index contributed by atoms with van der Waals surface area (Å²) in [5, 5.41) is 3.78. The van der Waals surface area contributed by atoms with Crippen molar-refractivity contribution in [3.05, 3.63) is 32.5 Å². The summed E-state index contributed by atoms with van der Waals surface area (Å²) >= 11 is 1.16. The van der Waals surface area contributed by atoms with Crippen LogP contribution in [0.1, 0.15) is 39.2 Å². The van der Waals surface area contributed by atoms with Gasteiger partial charge in [-0.25, -0.2) is 4.39 Å². The van der Waals surface area contributed by atoms with E-state index in [9.17, 15) is 9.59 Å². The molecule has 0 unspecified atom stereocenters. The number of fused-ring (bicyclic) bond motifs is 2. The van der Waals surface area contributed by atoms with Crippen LogP contribution in [0.5, 0.6) is 5.75 Å². The highest BCUT2D eigenvalue weighted by molar-refractivity contribution is 7.12. The van der Waals surface area contributed by atoms with E-state index in [0.717, 1.165) is 50.4 Å². The molecule has 1 atom stereocenters. The molecule has 0 radical (unpaired) electrons. The second-order valence-electron chi connectivity index (χ2n) is 8.94. The Balaban J connectivity index is 1.70. The summed E-state index contributed by atoms with van der Waals surface area (Å²) in [5.74, 6) is 0.330. The summed E-state index contributed by atoms with van der Waals surface area (Å²) in [5.41, 5.74) is 0.161. The third-order valence-electron chi connectivity index (χ3n) is 6.33. The summed E-state index contributed by atoms with van der Waals surface area (Å²) in [6, 6.07) is 1.89. The lowest BCUT2D eigenvalue weighted by atomic mass is 10.1. The van der Waals surface area contributed by atoms with Gasteiger partial charge in [0.15, 0.2) is 11.6 Å². The number of nitrogens with one attached hydrogen (secondary N) is 2. The molecule has 0 amide bonds. The van der Waals surface area contributed by atoms with E-state index in [0.29, 0.717) is 33.7 Å². The molecule has 2 aliphatic rings. The number of pyridine rings is 1. The minimum atomic E-state index is -0.479. The van der Waals surface area contributed by atoms with Crippen molar-refractivity contribution in [1.82, 2.24) is 14.3 Å². The van der Waals surface area contributed by atoms with E-state index in [-0.39, 0.29) is 16.8 Å². The van der Waals surface area contributed by atoms with Crippen LogP contribution in [0.3, 0.4) is 0 Å². The highest BCUT2D eigenvalue weighted by Crippen LogP contribution is 2.46. The Labute approximate surface area is 183 Å². The molecule has 2 fully saturated rings. The molecule has 1 aromatic carbocycles. The molecule has 3 aromatic rings. The van der Waals surface area contributed by atoms with Crippen LogP contribution >= 0.6 is 11.5 Å². The highest BCUT2D eigenvalue weighted by atomic mass is 32.1. The minimum Gasteiger partial charge on any atom is -0.492 e. The molecule has 5 rings (SSSR count). The maximum absolute atomic E-state index is 15.4. The van der Waals surface area contributed by atoms with E-state index < -0.39 is 16.8 Å². The van der Waals surface area contributed by atoms with Gasteiger partial charge in [0, 0.05) is 25.2 Å². The molecule has 166 valence electrons. The molecule has 2 aromatic heterocycles. The number of nitrogens with zero attached hydrogens (tertiary/aromatic N) is 2. The maximum Gasteiger partial charge on any atom is 0.271 e. The number of benzene rings is 1. The van der Waals surface area contributed by atoms with Crippen LogP contribution in [0, 0.1) is 11.7 Å². The van der Waals surface area contributed by atoms with Crippen LogP contribution < -0.4 is 25.9 Å². The van der Waals surface area contributed by atoms with Gasteiger partial charge in [-0.1, -0.05) is 13.8 Å². The van der Waals surface area contributed by atoms with Gasteiger partial charge in [-0.05, 0) is 49.3 Å². The minimum absolute atomic E-state index is 0.111. The smallest absolute Gasteiger partial charge is 0.271 e. The molecule has 3 heterocycles. The molecule has 31 heavy (non-hydrogen) atoms. The zero-order valence-electron chi connectivity index (χ0n) is 18.0. The number of anilines is 1. The first-order valence-corrected chi connectivity index (χ1v) is 11.7. The van der Waals surface area contributed by atoms with Gasteiger partial charge >= 0.3 is 0 Å². The van der Waals surface area contributed by atoms with Gasteiger partial charge in [0.2, 0.25) is 5.43 Å². The molecule has 0 bridgehead atoms. The number of rotatable bonds is 6. The standard InChI is InChI=1S/C22H27FN4O3S/c1-11(2)24-9-12-6-7-26(10-12)18-15(23)8-14-17(20(18)30-3)27(13-4-5-13)22-16(19(14)28)21(29)25-31-22/h8,11-13,24H,4-7,9-10H2,1-3H3,(H,25,29)/t12-/m0/s1. The fraction of sp³-hybridized carbons (Fsp3) is 0.545. The topological polar surface area (TPSA) is 79.4 Å². The quantitative estimate of drug-likeness (QED) is 0.608. The van der Waals surface area contributed by atoms with Gasteiger partial charge in [-0.15, -0.1) is 0 Å². The Morgan fingerprint density at radius 1 is 1.32 bits per heavy atom. The molecule has 2 N–H and O–H groups in total. The SMILES string of the molecule is COc1c(N2CC[C@@H](CNC(C)C)C2)c(F)cc2c(=O)c3c(=O)[nH]sc3n(C3CC3)c12. The zero-order valence-corrected chi connectivity index (χ0v) is 18.8. The zero-order chi connectivity index (χ0) is 21.9. The monoisotopic (exact) mass is 446 g/mol. The Bertz CT molecular complexity index is 1270. The second kappa shape index (κ2) is 7.63. The second-order valence-corrected chi connectivity index (χ2v) is 9.74. The third-order valence-corrected chi connectivity index (χ3v) is 7.21. The van der Waals surface area contributed by atoms with Crippen LogP contribution in [0.2, 0.25) is 0 Å². The van der Waals surface area contributed by atoms with Crippen molar-refractivity contribution in [3.63, 3.8) is 0 Å². The number of aromatic amines is 1. The normalized spacial score (nSPS) is 19.3. The molecule has 1 saturated heterocycles. The number of aromatic nitrogens is 2. The summed E-state index contributed by atoms with van der Waals surface area (Å²) < 4.78 is 25.9. The Kier molecular flexibility index (Phi) is 5.05. The van der Waals surface area contributed by atoms with Gasteiger partial charge in [-0.2, -0.15) is 0 Å². The van der Waals surface area contributed by atoms with Gasteiger partial charge in [0.25, 0.3) is 5.56 Å². The first-order chi connectivity index (χ1) is 14.9. The largest absolute Gasteiger partial charge is 0.492 e. The number of halogens is 1. The van der Waals surface area contributed by atoms with Crippen molar-refractivity contribution < 1.29 is 9.13 Å². The molecule has 1 aliphatic carbocycles. The molecular formula is C22H27FN4O3S. The number of methoxy groups -OCH3 is 1. The first kappa shape index (κ1) is 20.5. The summed E-state index contributed by atoms with van der Waals surface area (Å²) in [6.45, 7) is 6.58. The molecule has 1 aliphatic heterocycles. The van der Waals surface area contributed by atoms with Crippen molar-refractivity contribution >= 4 is 38.3 Å². The van der Waals surface area contributed by atoms with Crippen LogP contribution in [0.15, 0.2) is 15.7 Å². The number of ether oxygens (including phenoxy) is 1. The summed E-state index contributed by atoms with van der Waals surface area (Å²) in [7, 11) is 1.52. The van der Waals surface area contributed by atoms with Crippen LogP contribution in [0.4, 0.5) is 10.1 Å². The first-order valence-electron chi connectivity index (χ1n) is 10.8. The van der Waals surface area contributed by atoms with Crippen molar-refractivity contribution in [2.45, 2.75) is 45.2 Å². The fourth-order valence-corrected chi connectivity index (χ4v) is 5.61. The Hall–Kier alpha value is -2.39. The predicted octanol–water partition coefficient (Wildman–Crippen LogP) is 3.21. The van der Waals surface area contributed by atoms with Crippen LogP contribution in [-0.4, -0.2) is 41.7 Å². The summed E-state index contributed by atoms with van der Waals surface area (Å²) in [6.07, 6.45) is 2.89. The predicted molar refractivity (Wildman–Crippen MR) is 122 cm³/mol. The van der Waals surface area contributed by atoms with E-state index in [1.165, 1.54) is 13.2 Å². The van der Waals surface area contributed by atoms with Crippen LogP contribution in [0.25, 0.3) is 21.1 Å². The molecule has 9 heteroatoms. The van der Waals surface area contributed by atoms with Crippen molar-refractivity contribution in [3.8, 4) is 5.75 Å². The lowest BCUT2D eigenvalue weighted by Gasteiger charge is -2.25. The maximum atomic E-state index is 15.4. The average Bonchev–Trinajstić information content (AvgIpc) is 3.34. The average molecular weight is 447 g/mol. The molecule has 7 nitrogen and oxygen atoms in total. The van der Waals surface area contributed by atoms with Gasteiger partial charge < -0.3 is 19.5 Å². The van der Waals surface area contributed by atoms with Gasteiger partial charge in [0.05, 0.1) is 18.0 Å². The lowest BCUT2D eigenvalue weighted by Crippen LogP contribution is -2.31. The van der Waals surface area contributed by atoms with E-state index in [4.69, 9.17) is 4.74 Å². The number of H-pyrrole nitrogens is 1. The molecule has 1 saturated carbocycles. The van der Waals surface area contributed by atoms with E-state index in [1.54, 1.807) is 0 Å². The highest BCUT2D eigenvalue weighted by Gasteiger charge is 2.34. The van der Waals surface area contributed by atoms with E-state index in [2.05, 4.69) is 23.5 Å². The van der Waals surface area contributed by atoms with Crippen LogP contribution in [-0.2, 0) is 0 Å². The third kappa shape index (κ3) is 3.34. The summed E-state index contributed by atoms with van der Waals surface area (Å²) in [4.78, 5) is 28.1. The van der Waals surface area contributed by atoms with Gasteiger partial charge in [-0.3, -0.25) is 14.0 Å². The van der Waals surface area contributed by atoms with Crippen molar-refractivity contribution in [2.75, 3.05) is 31.6 Å². The number of hydrogen-bond acceptors (Lipinski definition) is 6. The van der Waals surface area contributed by atoms with E-state index >= 15 is 4.39 Å². The van der Waals surface area contributed by atoms with Crippen molar-refractivity contribution in [1.29, 1.82) is 0 Å². The van der Waals surface area contributed by atoms with Crippen molar-refractivity contribution in [2.24, 2.45) is 5.92 Å².